The van der Waals surface area contributed by atoms with Crippen molar-refractivity contribution in [3.05, 3.63) is 52.8 Å². The third-order valence-corrected chi connectivity index (χ3v) is 3.46. The van der Waals surface area contributed by atoms with Crippen LogP contribution in [-0.4, -0.2) is 21.5 Å². The number of fused-ring (bicyclic) bond motifs is 1. The first-order valence-electron chi connectivity index (χ1n) is 6.39. The molecule has 0 fully saturated rings. The molecule has 5 heteroatoms. The second-order valence-electron chi connectivity index (χ2n) is 4.91. The van der Waals surface area contributed by atoms with E-state index in [0.29, 0.717) is 16.8 Å². The molecule has 1 aromatic heterocycles. The molecule has 1 aliphatic heterocycles. The van der Waals surface area contributed by atoms with Gasteiger partial charge in [0.05, 0.1) is 23.2 Å². The van der Waals surface area contributed by atoms with E-state index < -0.39 is 6.10 Å². The lowest BCUT2D eigenvalue weighted by Gasteiger charge is -2.09. The molecule has 0 saturated heterocycles. The van der Waals surface area contributed by atoms with E-state index in [4.69, 9.17) is 4.74 Å². The van der Waals surface area contributed by atoms with Crippen molar-refractivity contribution in [1.82, 2.24) is 9.78 Å². The molecule has 0 saturated carbocycles. The fraction of sp³-hybridized carbons (Fsp3) is 0.267. The van der Waals surface area contributed by atoms with E-state index in [2.05, 4.69) is 5.10 Å². The van der Waals surface area contributed by atoms with Crippen LogP contribution >= 0.6 is 0 Å². The van der Waals surface area contributed by atoms with E-state index in [-0.39, 0.29) is 18.2 Å². The Morgan fingerprint density at radius 1 is 1.40 bits per heavy atom. The second-order valence-corrected chi connectivity index (χ2v) is 4.91. The summed E-state index contributed by atoms with van der Waals surface area (Å²) in [7, 11) is 1.77. The first-order chi connectivity index (χ1) is 9.56. The van der Waals surface area contributed by atoms with Crippen LogP contribution in [0.25, 0.3) is 0 Å². The van der Waals surface area contributed by atoms with Crippen LogP contribution in [0.15, 0.2) is 30.5 Å². The number of ketones is 1. The van der Waals surface area contributed by atoms with Crippen LogP contribution in [0.3, 0.4) is 0 Å². The highest BCUT2D eigenvalue weighted by Crippen LogP contribution is 2.33. The summed E-state index contributed by atoms with van der Waals surface area (Å²) in [5, 5.41) is 4.15. The number of ether oxygens (including phenoxy) is 1. The Morgan fingerprint density at radius 2 is 2.15 bits per heavy atom. The monoisotopic (exact) mass is 270 g/mol. The second kappa shape index (κ2) is 4.59. The average Bonchev–Trinajstić information content (AvgIpc) is 2.91. The van der Waals surface area contributed by atoms with Crippen molar-refractivity contribution < 1.29 is 14.3 Å². The maximum Gasteiger partial charge on any atom is 0.339 e. The Labute approximate surface area is 116 Å². The van der Waals surface area contributed by atoms with E-state index in [1.807, 2.05) is 12.1 Å². The summed E-state index contributed by atoms with van der Waals surface area (Å²) in [6, 6.07) is 7.18. The number of aryl methyl sites for hydroxylation is 2. The maximum absolute atomic E-state index is 12.3. The minimum atomic E-state index is -0.495. The molecule has 1 unspecified atom stereocenters. The lowest BCUT2D eigenvalue weighted by molar-refractivity contribution is 0.0367. The molecule has 0 N–H and O–H groups in total. The number of carbonyl (C=O) groups is 2. The van der Waals surface area contributed by atoms with Crippen molar-refractivity contribution in [2.45, 2.75) is 19.4 Å². The highest BCUT2D eigenvalue weighted by Gasteiger charge is 2.32. The highest BCUT2D eigenvalue weighted by atomic mass is 16.5. The van der Waals surface area contributed by atoms with E-state index >= 15 is 0 Å². The Kier molecular flexibility index (Phi) is 2.89. The Morgan fingerprint density at radius 3 is 2.85 bits per heavy atom. The molecular weight excluding hydrogens is 256 g/mol. The summed E-state index contributed by atoms with van der Waals surface area (Å²) in [6.07, 6.45) is 1.35. The molecule has 2 aromatic rings. The predicted octanol–water partition coefficient (Wildman–Crippen LogP) is 2.21. The Bertz CT molecular complexity index is 703. The van der Waals surface area contributed by atoms with Gasteiger partial charge in [-0.25, -0.2) is 4.79 Å². The number of aromatic nitrogens is 2. The molecule has 20 heavy (non-hydrogen) atoms. The third-order valence-electron chi connectivity index (χ3n) is 3.46. The lowest BCUT2D eigenvalue weighted by Crippen LogP contribution is -2.08. The SMILES string of the molecule is Cc1nn(C)cc1C(=O)CC1OC(=O)c2ccccc21. The molecule has 1 atom stereocenters. The van der Waals surface area contributed by atoms with E-state index in [1.165, 1.54) is 0 Å². The quantitative estimate of drug-likeness (QED) is 0.633. The van der Waals surface area contributed by atoms with E-state index in [9.17, 15) is 9.59 Å². The summed E-state index contributed by atoms with van der Waals surface area (Å²) in [5.74, 6) is -0.425. The smallest absolute Gasteiger partial charge is 0.339 e. The van der Waals surface area contributed by atoms with E-state index in [0.717, 1.165) is 5.56 Å². The van der Waals surface area contributed by atoms with Crippen molar-refractivity contribution >= 4 is 11.8 Å². The fourth-order valence-electron chi connectivity index (χ4n) is 2.52. The molecule has 0 bridgehead atoms. The Balaban J connectivity index is 1.85. The van der Waals surface area contributed by atoms with Gasteiger partial charge >= 0.3 is 5.97 Å². The molecule has 102 valence electrons. The first-order valence-corrected chi connectivity index (χ1v) is 6.39. The zero-order chi connectivity index (χ0) is 14.3. The molecular formula is C15H14N2O3. The van der Waals surface area contributed by atoms with Gasteiger partial charge in [-0.3, -0.25) is 9.48 Å². The van der Waals surface area contributed by atoms with Gasteiger partial charge in [-0.1, -0.05) is 18.2 Å². The fourth-order valence-corrected chi connectivity index (χ4v) is 2.52. The number of hydrogen-bond acceptors (Lipinski definition) is 4. The van der Waals surface area contributed by atoms with E-state index in [1.54, 1.807) is 37.0 Å². The molecule has 0 spiro atoms. The Hall–Kier alpha value is -2.43. The summed E-state index contributed by atoms with van der Waals surface area (Å²) < 4.78 is 6.89. The zero-order valence-electron chi connectivity index (χ0n) is 11.3. The normalized spacial score (nSPS) is 16.9. The number of hydrogen-bond donors (Lipinski definition) is 0. The largest absolute Gasteiger partial charge is 0.453 e. The van der Waals surface area contributed by atoms with Gasteiger partial charge < -0.3 is 4.74 Å². The van der Waals surface area contributed by atoms with Gasteiger partial charge in [-0.05, 0) is 13.0 Å². The number of esters is 1. The molecule has 0 radical (unpaired) electrons. The van der Waals surface area contributed by atoms with Crippen LogP contribution in [0, 0.1) is 6.92 Å². The van der Waals surface area contributed by atoms with Crippen LogP contribution in [-0.2, 0) is 11.8 Å². The topological polar surface area (TPSA) is 61.2 Å². The van der Waals surface area contributed by atoms with Gasteiger partial charge in [-0.2, -0.15) is 5.10 Å². The molecule has 0 aliphatic carbocycles. The first kappa shape index (κ1) is 12.6. The number of benzene rings is 1. The highest BCUT2D eigenvalue weighted by molar-refractivity contribution is 5.99. The molecule has 3 rings (SSSR count). The van der Waals surface area contributed by atoms with Gasteiger partial charge in [0.25, 0.3) is 0 Å². The van der Waals surface area contributed by atoms with Gasteiger partial charge in [-0.15, -0.1) is 0 Å². The molecule has 1 aromatic carbocycles. The minimum Gasteiger partial charge on any atom is -0.453 e. The molecule has 5 nitrogen and oxygen atoms in total. The van der Waals surface area contributed by atoms with Crippen LogP contribution in [0.4, 0.5) is 0 Å². The van der Waals surface area contributed by atoms with Gasteiger partial charge in [0.2, 0.25) is 0 Å². The predicted molar refractivity (Wildman–Crippen MR) is 71.5 cm³/mol. The third kappa shape index (κ3) is 2.01. The zero-order valence-corrected chi connectivity index (χ0v) is 11.3. The molecule has 2 heterocycles. The van der Waals surface area contributed by atoms with Crippen LogP contribution in [0.1, 0.15) is 44.5 Å². The lowest BCUT2D eigenvalue weighted by atomic mass is 9.99. The average molecular weight is 270 g/mol. The molecule has 0 amide bonds. The van der Waals surface area contributed by atoms with Crippen LogP contribution in [0.2, 0.25) is 0 Å². The summed E-state index contributed by atoms with van der Waals surface area (Å²) in [6.45, 7) is 1.79. The van der Waals surface area contributed by atoms with Gasteiger partial charge in [0.1, 0.15) is 6.10 Å². The number of rotatable bonds is 3. The van der Waals surface area contributed by atoms with Crippen molar-refractivity contribution in [3.8, 4) is 0 Å². The number of carbonyl (C=O) groups excluding carboxylic acids is 2. The van der Waals surface area contributed by atoms with Gasteiger partial charge in [0, 0.05) is 18.8 Å². The molecule has 1 aliphatic rings. The van der Waals surface area contributed by atoms with Gasteiger partial charge in [0.15, 0.2) is 5.78 Å². The summed E-state index contributed by atoms with van der Waals surface area (Å²) in [4.78, 5) is 24.0. The van der Waals surface area contributed by atoms with Crippen molar-refractivity contribution in [3.63, 3.8) is 0 Å². The van der Waals surface area contributed by atoms with Crippen LogP contribution in [0.5, 0.6) is 0 Å². The van der Waals surface area contributed by atoms with Crippen molar-refractivity contribution in [1.29, 1.82) is 0 Å². The number of cyclic esters (lactones) is 1. The summed E-state index contributed by atoms with van der Waals surface area (Å²) >= 11 is 0. The van der Waals surface area contributed by atoms with Crippen molar-refractivity contribution in [2.24, 2.45) is 7.05 Å². The van der Waals surface area contributed by atoms with Crippen molar-refractivity contribution in [2.75, 3.05) is 0 Å². The maximum atomic E-state index is 12.3. The minimum absolute atomic E-state index is 0.0647. The number of nitrogens with zero attached hydrogens (tertiary/aromatic N) is 2. The standard InChI is InChI=1S/C15H14N2O3/c1-9-12(8-17(2)16-9)13(18)7-14-10-5-3-4-6-11(10)15(19)20-14/h3-6,8,14H,7H2,1-2H3. The van der Waals surface area contributed by atoms with Crippen LogP contribution < -0.4 is 0 Å². The summed E-state index contributed by atoms with van der Waals surface area (Å²) in [5.41, 5.74) is 2.60. The number of Topliss-reactive ketones (excluding diaryl/α,β-unsaturated/α-hetero) is 1.